The summed E-state index contributed by atoms with van der Waals surface area (Å²) in [5.74, 6) is 0.622. The molecule has 9 heavy (non-hydrogen) atoms. The molecular formula is C6H14N2S. The molecule has 0 atom stereocenters. The van der Waals surface area contributed by atoms with E-state index in [-0.39, 0.29) is 0 Å². The standard InChI is InChI=1S/C6H14N2S/c1-5(2)4-8(3)6(7)9/h5H,4H2,1-3H3,(H2,7,9). The summed E-state index contributed by atoms with van der Waals surface area (Å²) in [6.45, 7) is 5.21. The zero-order valence-electron chi connectivity index (χ0n) is 6.22. The van der Waals surface area contributed by atoms with E-state index >= 15 is 0 Å². The third-order valence-electron chi connectivity index (χ3n) is 1.02. The lowest BCUT2D eigenvalue weighted by Gasteiger charge is -2.18. The van der Waals surface area contributed by atoms with Crippen molar-refractivity contribution in [1.82, 2.24) is 4.90 Å². The molecule has 0 amide bonds. The lowest BCUT2D eigenvalue weighted by atomic mass is 10.2. The van der Waals surface area contributed by atoms with Gasteiger partial charge in [0.1, 0.15) is 0 Å². The van der Waals surface area contributed by atoms with Gasteiger partial charge in [0.25, 0.3) is 0 Å². The smallest absolute Gasteiger partial charge is 0.166 e. The van der Waals surface area contributed by atoms with Crippen LogP contribution in [0.1, 0.15) is 13.8 Å². The molecule has 0 aromatic heterocycles. The fourth-order valence-corrected chi connectivity index (χ4v) is 0.712. The van der Waals surface area contributed by atoms with Crippen LogP contribution >= 0.6 is 12.2 Å². The van der Waals surface area contributed by atoms with Crippen LogP contribution in [-0.4, -0.2) is 23.6 Å². The second-order valence-corrected chi connectivity index (χ2v) is 3.03. The topological polar surface area (TPSA) is 29.3 Å². The largest absolute Gasteiger partial charge is 0.376 e. The second kappa shape index (κ2) is 3.67. The highest BCUT2D eigenvalue weighted by atomic mass is 32.1. The van der Waals surface area contributed by atoms with Crippen LogP contribution in [0.15, 0.2) is 0 Å². The monoisotopic (exact) mass is 146 g/mol. The molecule has 0 unspecified atom stereocenters. The van der Waals surface area contributed by atoms with Crippen molar-refractivity contribution < 1.29 is 0 Å². The minimum atomic E-state index is 0.476. The van der Waals surface area contributed by atoms with Crippen LogP contribution in [0, 0.1) is 5.92 Å². The highest BCUT2D eigenvalue weighted by Gasteiger charge is 2.00. The molecule has 3 heteroatoms. The van der Waals surface area contributed by atoms with Crippen LogP contribution in [0.5, 0.6) is 0 Å². The van der Waals surface area contributed by atoms with Crippen LogP contribution < -0.4 is 5.73 Å². The van der Waals surface area contributed by atoms with E-state index < -0.39 is 0 Å². The minimum absolute atomic E-state index is 0.476. The Morgan fingerprint density at radius 2 is 2.11 bits per heavy atom. The Balaban J connectivity index is 3.50. The van der Waals surface area contributed by atoms with Crippen molar-refractivity contribution >= 4 is 17.3 Å². The SMILES string of the molecule is CC(C)CN(C)C(N)=S. The van der Waals surface area contributed by atoms with Gasteiger partial charge in [-0.3, -0.25) is 0 Å². The molecule has 0 aliphatic rings. The van der Waals surface area contributed by atoms with Gasteiger partial charge in [0.05, 0.1) is 0 Å². The Morgan fingerprint density at radius 3 is 2.22 bits per heavy atom. The Labute approximate surface area is 62.0 Å². The number of thiocarbonyl (C=S) groups is 1. The van der Waals surface area contributed by atoms with Crippen LogP contribution in [0.2, 0.25) is 0 Å². The number of nitrogens with two attached hydrogens (primary N) is 1. The van der Waals surface area contributed by atoms with Gasteiger partial charge in [0.15, 0.2) is 5.11 Å². The van der Waals surface area contributed by atoms with Gasteiger partial charge in [0.2, 0.25) is 0 Å². The molecule has 0 fully saturated rings. The Morgan fingerprint density at radius 1 is 1.67 bits per heavy atom. The maximum atomic E-state index is 5.34. The van der Waals surface area contributed by atoms with E-state index in [9.17, 15) is 0 Å². The van der Waals surface area contributed by atoms with Crippen molar-refractivity contribution in [3.63, 3.8) is 0 Å². The molecule has 2 N–H and O–H groups in total. The number of rotatable bonds is 2. The van der Waals surface area contributed by atoms with Crippen molar-refractivity contribution in [3.8, 4) is 0 Å². The van der Waals surface area contributed by atoms with Crippen molar-refractivity contribution in [2.45, 2.75) is 13.8 Å². The second-order valence-electron chi connectivity index (χ2n) is 2.61. The Kier molecular flexibility index (Phi) is 3.54. The summed E-state index contributed by atoms with van der Waals surface area (Å²) in [6.07, 6.45) is 0. The van der Waals surface area contributed by atoms with Gasteiger partial charge in [0, 0.05) is 13.6 Å². The summed E-state index contributed by atoms with van der Waals surface area (Å²) >= 11 is 4.74. The fraction of sp³-hybridized carbons (Fsp3) is 0.833. The van der Waals surface area contributed by atoms with Crippen LogP contribution in [0.4, 0.5) is 0 Å². The molecule has 0 spiro atoms. The number of hydrogen-bond donors (Lipinski definition) is 1. The molecule has 0 aliphatic heterocycles. The summed E-state index contributed by atoms with van der Waals surface area (Å²) in [6, 6.07) is 0. The van der Waals surface area contributed by atoms with Crippen molar-refractivity contribution in [1.29, 1.82) is 0 Å². The molecule has 0 aromatic carbocycles. The van der Waals surface area contributed by atoms with Gasteiger partial charge in [-0.15, -0.1) is 0 Å². The number of hydrogen-bond acceptors (Lipinski definition) is 1. The molecule has 0 heterocycles. The Hall–Kier alpha value is -0.310. The molecular weight excluding hydrogens is 132 g/mol. The molecule has 2 nitrogen and oxygen atoms in total. The van der Waals surface area contributed by atoms with Gasteiger partial charge >= 0.3 is 0 Å². The highest BCUT2D eigenvalue weighted by Crippen LogP contribution is 1.94. The first-order valence-electron chi connectivity index (χ1n) is 3.04. The summed E-state index contributed by atoms with van der Waals surface area (Å²) in [5.41, 5.74) is 5.34. The van der Waals surface area contributed by atoms with Crippen molar-refractivity contribution in [2.75, 3.05) is 13.6 Å². The quantitative estimate of drug-likeness (QED) is 0.585. The third-order valence-corrected chi connectivity index (χ3v) is 1.33. The van der Waals surface area contributed by atoms with Crippen LogP contribution in [0.3, 0.4) is 0 Å². The first-order chi connectivity index (χ1) is 4.04. The first kappa shape index (κ1) is 8.69. The maximum absolute atomic E-state index is 5.34. The van der Waals surface area contributed by atoms with E-state index in [0.717, 1.165) is 6.54 Å². The van der Waals surface area contributed by atoms with E-state index in [4.69, 9.17) is 18.0 Å². The molecule has 0 radical (unpaired) electrons. The third kappa shape index (κ3) is 4.21. The van der Waals surface area contributed by atoms with E-state index in [1.54, 1.807) is 0 Å². The molecule has 0 saturated heterocycles. The summed E-state index contributed by atoms with van der Waals surface area (Å²) < 4.78 is 0. The molecule has 0 aromatic rings. The van der Waals surface area contributed by atoms with Gasteiger partial charge in [-0.1, -0.05) is 13.8 Å². The average Bonchev–Trinajstić information content (AvgIpc) is 1.63. The van der Waals surface area contributed by atoms with Crippen LogP contribution in [0.25, 0.3) is 0 Å². The van der Waals surface area contributed by atoms with E-state index in [0.29, 0.717) is 11.0 Å². The predicted molar refractivity (Wildman–Crippen MR) is 44.3 cm³/mol. The van der Waals surface area contributed by atoms with Gasteiger partial charge in [-0.2, -0.15) is 0 Å². The van der Waals surface area contributed by atoms with E-state index in [1.165, 1.54) is 0 Å². The molecule has 0 rings (SSSR count). The van der Waals surface area contributed by atoms with Crippen molar-refractivity contribution in [2.24, 2.45) is 11.7 Å². The fourth-order valence-electron chi connectivity index (χ4n) is 0.638. The van der Waals surface area contributed by atoms with E-state index in [1.807, 2.05) is 11.9 Å². The van der Waals surface area contributed by atoms with Gasteiger partial charge in [-0.25, -0.2) is 0 Å². The maximum Gasteiger partial charge on any atom is 0.166 e. The van der Waals surface area contributed by atoms with Crippen LogP contribution in [-0.2, 0) is 0 Å². The van der Waals surface area contributed by atoms with Crippen molar-refractivity contribution in [3.05, 3.63) is 0 Å². The Bertz CT molecular complexity index is 101. The zero-order valence-corrected chi connectivity index (χ0v) is 7.03. The number of nitrogens with zero attached hydrogens (tertiary/aromatic N) is 1. The molecule has 0 saturated carbocycles. The highest BCUT2D eigenvalue weighted by molar-refractivity contribution is 7.80. The molecule has 0 bridgehead atoms. The predicted octanol–water partition coefficient (Wildman–Crippen LogP) is 0.818. The lowest BCUT2D eigenvalue weighted by Crippen LogP contribution is -2.34. The van der Waals surface area contributed by atoms with E-state index in [2.05, 4.69) is 13.8 Å². The summed E-state index contributed by atoms with van der Waals surface area (Å²) in [7, 11) is 1.91. The van der Waals surface area contributed by atoms with Gasteiger partial charge in [-0.05, 0) is 18.1 Å². The molecule has 0 aliphatic carbocycles. The minimum Gasteiger partial charge on any atom is -0.376 e. The zero-order chi connectivity index (χ0) is 7.44. The lowest BCUT2D eigenvalue weighted by molar-refractivity contribution is 0.427. The normalized spacial score (nSPS) is 9.78. The van der Waals surface area contributed by atoms with Gasteiger partial charge < -0.3 is 10.6 Å². The summed E-state index contributed by atoms with van der Waals surface area (Å²) in [5, 5.41) is 0.476. The molecule has 54 valence electrons. The average molecular weight is 146 g/mol. The summed E-state index contributed by atoms with van der Waals surface area (Å²) in [4.78, 5) is 1.88. The first-order valence-corrected chi connectivity index (χ1v) is 3.45.